The summed E-state index contributed by atoms with van der Waals surface area (Å²) < 4.78 is 62.7. The van der Waals surface area contributed by atoms with Gasteiger partial charge in [-0.3, -0.25) is 4.79 Å². The lowest BCUT2D eigenvalue weighted by molar-refractivity contribution is -0.141. The summed E-state index contributed by atoms with van der Waals surface area (Å²) in [5.41, 5.74) is -0.646. The van der Waals surface area contributed by atoms with E-state index in [1.807, 2.05) is 0 Å². The Hall–Kier alpha value is -1.57. The van der Waals surface area contributed by atoms with Gasteiger partial charge in [0.2, 0.25) is 5.91 Å². The highest BCUT2D eigenvalue weighted by molar-refractivity contribution is 7.90. The molecule has 4 nitrogen and oxygen atoms in total. The number of hydrogen-bond donors (Lipinski definition) is 0. The van der Waals surface area contributed by atoms with Gasteiger partial charge in [0.15, 0.2) is 0 Å². The minimum atomic E-state index is -4.50. The summed E-state index contributed by atoms with van der Waals surface area (Å²) in [4.78, 5) is 14.0. The van der Waals surface area contributed by atoms with Crippen LogP contribution in [-0.2, 0) is 20.8 Å². The second-order valence-electron chi connectivity index (χ2n) is 6.42. The van der Waals surface area contributed by atoms with Gasteiger partial charge < -0.3 is 4.90 Å². The van der Waals surface area contributed by atoms with Crippen molar-refractivity contribution in [3.8, 4) is 0 Å². The van der Waals surface area contributed by atoms with Crippen LogP contribution in [0.25, 0.3) is 0 Å². The Balaban J connectivity index is 2.34. The smallest absolute Gasteiger partial charge is 0.336 e. The third-order valence-corrected chi connectivity index (χ3v) is 5.33. The van der Waals surface area contributed by atoms with E-state index in [0.717, 1.165) is 25.2 Å². The van der Waals surface area contributed by atoms with Gasteiger partial charge >= 0.3 is 6.18 Å². The fourth-order valence-corrected chi connectivity index (χ4v) is 3.74. The van der Waals surface area contributed by atoms with Crippen LogP contribution in [0.15, 0.2) is 24.3 Å². The molecule has 0 aliphatic carbocycles. The third-order valence-electron chi connectivity index (χ3n) is 4.39. The molecule has 1 fully saturated rings. The SMILES string of the molecule is CS(=O)(=O)CCC(=O)N1CCCCC[C@H]1c1ccccc1C(F)(F)F. The molecule has 0 bridgehead atoms. The van der Waals surface area contributed by atoms with E-state index in [0.29, 0.717) is 19.4 Å². The Kier molecular flexibility index (Phi) is 6.13. The minimum Gasteiger partial charge on any atom is -0.336 e. The van der Waals surface area contributed by atoms with Crippen LogP contribution in [0.1, 0.15) is 49.3 Å². The fourth-order valence-electron chi connectivity index (χ4n) is 3.19. The molecular formula is C17H22F3NO3S. The highest BCUT2D eigenvalue weighted by Crippen LogP contribution is 2.39. The van der Waals surface area contributed by atoms with Gasteiger partial charge in [0, 0.05) is 19.2 Å². The van der Waals surface area contributed by atoms with Crippen molar-refractivity contribution in [1.82, 2.24) is 4.90 Å². The minimum absolute atomic E-state index is 0.0876. The number of halogens is 3. The van der Waals surface area contributed by atoms with E-state index < -0.39 is 33.5 Å². The maximum absolute atomic E-state index is 13.4. The Morgan fingerprint density at radius 3 is 2.52 bits per heavy atom. The van der Waals surface area contributed by atoms with Crippen LogP contribution in [-0.4, -0.2) is 37.8 Å². The maximum atomic E-state index is 13.4. The number of carbonyl (C=O) groups is 1. The van der Waals surface area contributed by atoms with E-state index in [9.17, 15) is 26.4 Å². The molecule has 0 saturated carbocycles. The van der Waals surface area contributed by atoms with Crippen molar-refractivity contribution >= 4 is 15.7 Å². The van der Waals surface area contributed by atoms with Crippen LogP contribution >= 0.6 is 0 Å². The summed E-state index contributed by atoms with van der Waals surface area (Å²) in [7, 11) is -3.31. The Labute approximate surface area is 145 Å². The van der Waals surface area contributed by atoms with Gasteiger partial charge in [0.05, 0.1) is 17.4 Å². The molecule has 1 aliphatic rings. The van der Waals surface area contributed by atoms with Crippen molar-refractivity contribution in [2.75, 3.05) is 18.6 Å². The van der Waals surface area contributed by atoms with E-state index in [1.165, 1.54) is 23.1 Å². The topological polar surface area (TPSA) is 54.5 Å². The summed E-state index contributed by atoms with van der Waals surface area (Å²) >= 11 is 0. The van der Waals surface area contributed by atoms with Crippen molar-refractivity contribution in [2.45, 2.75) is 44.3 Å². The Bertz CT molecular complexity index is 716. The molecule has 1 aliphatic heterocycles. The summed E-state index contributed by atoms with van der Waals surface area (Å²) in [6.45, 7) is 0.347. The van der Waals surface area contributed by atoms with Crippen molar-refractivity contribution in [1.29, 1.82) is 0 Å². The number of hydrogen-bond acceptors (Lipinski definition) is 3. The predicted octanol–water partition coefficient (Wildman–Crippen LogP) is 3.58. The molecule has 1 saturated heterocycles. The fraction of sp³-hybridized carbons (Fsp3) is 0.588. The van der Waals surface area contributed by atoms with Gasteiger partial charge in [-0.2, -0.15) is 13.2 Å². The lowest BCUT2D eigenvalue weighted by atomic mass is 9.95. The molecule has 140 valence electrons. The molecule has 1 amide bonds. The molecule has 0 unspecified atom stereocenters. The maximum Gasteiger partial charge on any atom is 0.416 e. The summed E-state index contributed by atoms with van der Waals surface area (Å²) in [6.07, 6.45) is -0.951. The summed E-state index contributed by atoms with van der Waals surface area (Å²) in [5.74, 6) is -0.704. The van der Waals surface area contributed by atoms with E-state index >= 15 is 0 Å². The number of carbonyl (C=O) groups excluding carboxylic acids is 1. The largest absolute Gasteiger partial charge is 0.416 e. The number of amides is 1. The van der Waals surface area contributed by atoms with Gasteiger partial charge in [-0.25, -0.2) is 8.42 Å². The van der Waals surface area contributed by atoms with Crippen LogP contribution in [0.2, 0.25) is 0 Å². The highest BCUT2D eigenvalue weighted by atomic mass is 32.2. The highest BCUT2D eigenvalue weighted by Gasteiger charge is 2.37. The van der Waals surface area contributed by atoms with Crippen LogP contribution in [0.4, 0.5) is 13.2 Å². The zero-order valence-corrected chi connectivity index (χ0v) is 14.9. The van der Waals surface area contributed by atoms with Crippen LogP contribution in [0.3, 0.4) is 0 Å². The van der Waals surface area contributed by atoms with Gasteiger partial charge in [0.25, 0.3) is 0 Å². The zero-order valence-electron chi connectivity index (χ0n) is 14.1. The quantitative estimate of drug-likeness (QED) is 0.806. The lowest BCUT2D eigenvalue weighted by Crippen LogP contribution is -2.36. The molecule has 2 rings (SSSR count). The average Bonchev–Trinajstić information content (AvgIpc) is 2.77. The van der Waals surface area contributed by atoms with Crippen molar-refractivity contribution < 1.29 is 26.4 Å². The Morgan fingerprint density at radius 2 is 1.88 bits per heavy atom. The van der Waals surface area contributed by atoms with Crippen LogP contribution < -0.4 is 0 Å². The molecule has 1 aromatic rings. The summed E-state index contributed by atoms with van der Waals surface area (Å²) in [5, 5.41) is 0. The summed E-state index contributed by atoms with van der Waals surface area (Å²) in [6, 6.07) is 4.63. The number of alkyl halides is 3. The van der Waals surface area contributed by atoms with Gasteiger partial charge in [-0.15, -0.1) is 0 Å². The molecular weight excluding hydrogens is 355 g/mol. The number of nitrogens with zero attached hydrogens (tertiary/aromatic N) is 1. The molecule has 8 heteroatoms. The molecule has 1 atom stereocenters. The first kappa shape index (κ1) is 19.8. The number of benzene rings is 1. The molecule has 25 heavy (non-hydrogen) atoms. The molecule has 0 N–H and O–H groups in total. The van der Waals surface area contributed by atoms with Crippen LogP contribution in [0.5, 0.6) is 0 Å². The van der Waals surface area contributed by atoms with E-state index in [-0.39, 0.29) is 17.7 Å². The monoisotopic (exact) mass is 377 g/mol. The first-order chi connectivity index (χ1) is 11.6. The number of sulfone groups is 1. The molecule has 1 aromatic carbocycles. The van der Waals surface area contributed by atoms with Crippen molar-refractivity contribution in [2.24, 2.45) is 0 Å². The standard InChI is InChI=1S/C17H22F3NO3S/c1-25(23,24)12-10-16(22)21-11-6-2-3-9-15(21)13-7-4-5-8-14(13)17(18,19)20/h4-5,7-8,15H,2-3,6,9-12H2,1H3/t15-/m0/s1. The average molecular weight is 377 g/mol. The molecule has 0 aromatic heterocycles. The first-order valence-corrected chi connectivity index (χ1v) is 10.3. The van der Waals surface area contributed by atoms with Gasteiger partial charge in [-0.05, 0) is 24.5 Å². The third kappa shape index (κ3) is 5.45. The predicted molar refractivity (Wildman–Crippen MR) is 88.7 cm³/mol. The van der Waals surface area contributed by atoms with Gasteiger partial charge in [-0.1, -0.05) is 31.0 Å². The molecule has 0 spiro atoms. The Morgan fingerprint density at radius 1 is 1.20 bits per heavy atom. The van der Waals surface area contributed by atoms with Gasteiger partial charge in [0.1, 0.15) is 9.84 Å². The molecule has 0 radical (unpaired) electrons. The zero-order chi connectivity index (χ0) is 18.7. The lowest BCUT2D eigenvalue weighted by Gasteiger charge is -2.32. The second kappa shape index (κ2) is 7.76. The van der Waals surface area contributed by atoms with Crippen molar-refractivity contribution in [3.63, 3.8) is 0 Å². The van der Waals surface area contributed by atoms with Crippen LogP contribution in [0, 0.1) is 0 Å². The molecule has 1 heterocycles. The van der Waals surface area contributed by atoms with E-state index in [1.54, 1.807) is 0 Å². The first-order valence-electron chi connectivity index (χ1n) is 8.23. The number of likely N-dealkylation sites (tertiary alicyclic amines) is 1. The second-order valence-corrected chi connectivity index (χ2v) is 8.68. The van der Waals surface area contributed by atoms with E-state index in [2.05, 4.69) is 0 Å². The van der Waals surface area contributed by atoms with E-state index in [4.69, 9.17) is 0 Å². The number of rotatable bonds is 4. The van der Waals surface area contributed by atoms with Crippen molar-refractivity contribution in [3.05, 3.63) is 35.4 Å². The normalized spacial score (nSPS) is 19.5.